The Labute approximate surface area is 164 Å². The first-order valence-corrected chi connectivity index (χ1v) is 10.6. The summed E-state index contributed by atoms with van der Waals surface area (Å²) < 4.78 is 7.76. The van der Waals surface area contributed by atoms with Crippen molar-refractivity contribution in [3.05, 3.63) is 61.5 Å². The summed E-state index contributed by atoms with van der Waals surface area (Å²) in [4.78, 5) is 18.7. The highest BCUT2D eigenvalue weighted by Gasteiger charge is 2.12. The maximum atomic E-state index is 12.5. The molecule has 0 fully saturated rings. The van der Waals surface area contributed by atoms with E-state index in [0.29, 0.717) is 15.3 Å². The Bertz CT molecular complexity index is 1130. The number of rotatable bonds is 7. The third-order valence-electron chi connectivity index (χ3n) is 4.13. The van der Waals surface area contributed by atoms with E-state index in [1.54, 1.807) is 11.3 Å². The standard InChI is InChI=1S/C20H19N3O2S2/c1-2-3-4-11-25-15-9-7-14(8-10-15)18-21-20-23(22-18)19(24)17(27-20)13-16-6-5-12-26-16/h5-10,12-13H,2-4,11H2,1H3/b17-13-. The predicted molar refractivity (Wildman–Crippen MR) is 111 cm³/mol. The summed E-state index contributed by atoms with van der Waals surface area (Å²) in [6, 6.07) is 11.6. The Morgan fingerprint density at radius 1 is 1.19 bits per heavy atom. The van der Waals surface area contributed by atoms with Gasteiger partial charge in [0, 0.05) is 10.4 Å². The summed E-state index contributed by atoms with van der Waals surface area (Å²) >= 11 is 2.96. The molecular formula is C20H19N3O2S2. The summed E-state index contributed by atoms with van der Waals surface area (Å²) in [7, 11) is 0. The minimum atomic E-state index is -0.127. The van der Waals surface area contributed by atoms with Crippen LogP contribution in [0.5, 0.6) is 5.75 Å². The van der Waals surface area contributed by atoms with Crippen LogP contribution in [0.25, 0.3) is 22.4 Å². The van der Waals surface area contributed by atoms with Crippen molar-refractivity contribution in [1.82, 2.24) is 14.6 Å². The van der Waals surface area contributed by atoms with Crippen LogP contribution in [0.15, 0.2) is 46.6 Å². The lowest BCUT2D eigenvalue weighted by atomic mass is 10.2. The molecule has 0 saturated carbocycles. The quantitative estimate of drug-likeness (QED) is 0.442. The van der Waals surface area contributed by atoms with E-state index < -0.39 is 0 Å². The van der Waals surface area contributed by atoms with Crippen LogP contribution >= 0.6 is 22.7 Å². The van der Waals surface area contributed by atoms with Gasteiger partial charge in [0.1, 0.15) is 5.75 Å². The maximum Gasteiger partial charge on any atom is 0.291 e. The number of aromatic nitrogens is 3. The van der Waals surface area contributed by atoms with E-state index in [1.165, 1.54) is 28.7 Å². The second-order valence-electron chi connectivity index (χ2n) is 6.14. The van der Waals surface area contributed by atoms with Gasteiger partial charge in [-0.15, -0.1) is 16.4 Å². The first-order chi connectivity index (χ1) is 13.2. The lowest BCUT2D eigenvalue weighted by Gasteiger charge is -2.05. The molecule has 0 aliphatic rings. The van der Waals surface area contributed by atoms with Gasteiger partial charge in [-0.05, 0) is 48.2 Å². The Morgan fingerprint density at radius 3 is 2.74 bits per heavy atom. The van der Waals surface area contributed by atoms with Crippen molar-refractivity contribution in [2.24, 2.45) is 0 Å². The van der Waals surface area contributed by atoms with Crippen LogP contribution in [0.2, 0.25) is 0 Å². The number of unbranched alkanes of at least 4 members (excludes halogenated alkanes) is 2. The molecule has 0 amide bonds. The largest absolute Gasteiger partial charge is 0.494 e. The third-order valence-corrected chi connectivity index (χ3v) is 5.91. The molecule has 0 bridgehead atoms. The van der Waals surface area contributed by atoms with Crippen molar-refractivity contribution in [3.63, 3.8) is 0 Å². The van der Waals surface area contributed by atoms with Crippen molar-refractivity contribution in [2.45, 2.75) is 26.2 Å². The number of benzene rings is 1. The SMILES string of the molecule is CCCCCOc1ccc(-c2nc3s/c(=C\c4cccs4)c(=O)n3n2)cc1. The monoisotopic (exact) mass is 397 g/mol. The van der Waals surface area contributed by atoms with Gasteiger partial charge in [-0.1, -0.05) is 37.2 Å². The highest BCUT2D eigenvalue weighted by molar-refractivity contribution is 7.15. The molecule has 4 rings (SSSR count). The highest BCUT2D eigenvalue weighted by atomic mass is 32.1. The topological polar surface area (TPSA) is 56.5 Å². The van der Waals surface area contributed by atoms with Gasteiger partial charge in [0.25, 0.3) is 5.56 Å². The van der Waals surface area contributed by atoms with Crippen LogP contribution in [-0.4, -0.2) is 21.2 Å². The molecule has 0 aliphatic carbocycles. The van der Waals surface area contributed by atoms with Crippen molar-refractivity contribution >= 4 is 33.7 Å². The smallest absolute Gasteiger partial charge is 0.291 e. The first-order valence-electron chi connectivity index (χ1n) is 8.92. The van der Waals surface area contributed by atoms with Crippen LogP contribution in [0.1, 0.15) is 31.1 Å². The van der Waals surface area contributed by atoms with E-state index in [2.05, 4.69) is 17.0 Å². The zero-order valence-corrected chi connectivity index (χ0v) is 16.6. The average Bonchev–Trinajstić information content (AvgIpc) is 3.40. The van der Waals surface area contributed by atoms with Crippen molar-refractivity contribution < 1.29 is 4.74 Å². The summed E-state index contributed by atoms with van der Waals surface area (Å²) in [6.45, 7) is 2.91. The van der Waals surface area contributed by atoms with E-state index in [0.717, 1.165) is 29.2 Å². The van der Waals surface area contributed by atoms with Gasteiger partial charge in [0.15, 0.2) is 5.82 Å². The number of hydrogen-bond donors (Lipinski definition) is 0. The second-order valence-corrected chi connectivity index (χ2v) is 8.13. The molecule has 0 N–H and O–H groups in total. The first kappa shape index (κ1) is 17.9. The van der Waals surface area contributed by atoms with Crippen molar-refractivity contribution in [1.29, 1.82) is 0 Å². The van der Waals surface area contributed by atoms with Gasteiger partial charge in [0.2, 0.25) is 4.96 Å². The van der Waals surface area contributed by atoms with E-state index in [4.69, 9.17) is 4.74 Å². The molecule has 0 atom stereocenters. The van der Waals surface area contributed by atoms with Crippen molar-refractivity contribution in [3.8, 4) is 17.1 Å². The summed E-state index contributed by atoms with van der Waals surface area (Å²) in [5.74, 6) is 1.40. The summed E-state index contributed by atoms with van der Waals surface area (Å²) in [5.41, 5.74) is 0.744. The number of fused-ring (bicyclic) bond motifs is 1. The van der Waals surface area contributed by atoms with Gasteiger partial charge in [-0.25, -0.2) is 0 Å². The fraction of sp³-hybridized carbons (Fsp3) is 0.250. The minimum Gasteiger partial charge on any atom is -0.494 e. The molecule has 138 valence electrons. The molecule has 3 heterocycles. The lowest BCUT2D eigenvalue weighted by Crippen LogP contribution is -2.23. The molecule has 3 aromatic heterocycles. The molecule has 27 heavy (non-hydrogen) atoms. The lowest BCUT2D eigenvalue weighted by molar-refractivity contribution is 0.306. The second kappa shape index (κ2) is 8.02. The van der Waals surface area contributed by atoms with Gasteiger partial charge < -0.3 is 4.74 Å². The van der Waals surface area contributed by atoms with Crippen LogP contribution in [0.4, 0.5) is 0 Å². The van der Waals surface area contributed by atoms with Crippen LogP contribution in [0, 0.1) is 0 Å². The predicted octanol–water partition coefficient (Wildman–Crippen LogP) is 4.00. The molecule has 0 saturated heterocycles. The van der Waals surface area contributed by atoms with Gasteiger partial charge in [-0.3, -0.25) is 4.79 Å². The Morgan fingerprint density at radius 2 is 2.04 bits per heavy atom. The number of ether oxygens (including phenoxy) is 1. The fourth-order valence-corrected chi connectivity index (χ4v) is 4.33. The zero-order valence-electron chi connectivity index (χ0n) is 14.9. The fourth-order valence-electron chi connectivity index (χ4n) is 2.70. The third kappa shape index (κ3) is 3.94. The van der Waals surface area contributed by atoms with E-state index in [1.807, 2.05) is 47.9 Å². The highest BCUT2D eigenvalue weighted by Crippen LogP contribution is 2.20. The van der Waals surface area contributed by atoms with E-state index in [-0.39, 0.29) is 5.56 Å². The number of nitrogens with zero attached hydrogens (tertiary/aromatic N) is 3. The molecule has 0 radical (unpaired) electrons. The van der Waals surface area contributed by atoms with Crippen LogP contribution in [0.3, 0.4) is 0 Å². The normalized spacial score (nSPS) is 12.1. The summed E-state index contributed by atoms with van der Waals surface area (Å²) in [5, 5.41) is 6.38. The van der Waals surface area contributed by atoms with Gasteiger partial charge >= 0.3 is 0 Å². The van der Waals surface area contributed by atoms with E-state index >= 15 is 0 Å². The molecule has 7 heteroatoms. The zero-order chi connectivity index (χ0) is 18.6. The molecule has 5 nitrogen and oxygen atoms in total. The molecule has 0 aliphatic heterocycles. The minimum absolute atomic E-state index is 0.127. The maximum absolute atomic E-state index is 12.5. The molecular weight excluding hydrogens is 378 g/mol. The van der Waals surface area contributed by atoms with Gasteiger partial charge in [0.05, 0.1) is 11.1 Å². The number of thiophene rings is 1. The van der Waals surface area contributed by atoms with E-state index in [9.17, 15) is 4.79 Å². The summed E-state index contributed by atoms with van der Waals surface area (Å²) in [6.07, 6.45) is 5.31. The molecule has 0 spiro atoms. The van der Waals surface area contributed by atoms with Crippen LogP contribution in [-0.2, 0) is 0 Å². The van der Waals surface area contributed by atoms with Crippen molar-refractivity contribution in [2.75, 3.05) is 6.61 Å². The molecule has 4 aromatic rings. The Kier molecular flexibility index (Phi) is 5.31. The Balaban J connectivity index is 1.55. The van der Waals surface area contributed by atoms with Gasteiger partial charge in [-0.2, -0.15) is 9.50 Å². The number of hydrogen-bond acceptors (Lipinski definition) is 6. The number of thiazole rings is 1. The average molecular weight is 398 g/mol. The molecule has 0 unspecified atom stereocenters. The Hall–Kier alpha value is -2.51. The van der Waals surface area contributed by atoms with Crippen LogP contribution < -0.4 is 14.8 Å². The molecule has 1 aromatic carbocycles.